The number of hydrogen-bond donors (Lipinski definition) is 1. The standard InChI is InChI=1S/C25H28N6O/c1-3-5-14-23-22(24(17-32)31(28-23)15-4-2)16-18-10-6-7-11-19(18)20-12-8-9-13-21(20)25-26-29-30-27-25/h6-13,17H,3-5,14-16H2,1-2H3,(H,26,27,29,30). The summed E-state index contributed by atoms with van der Waals surface area (Å²) in [6, 6.07) is 16.4. The van der Waals surface area contributed by atoms with Gasteiger partial charge in [-0.1, -0.05) is 68.8 Å². The SMILES string of the molecule is CCCCc1nn(CCC)c(C=O)c1Cc1ccccc1-c1ccccc1-c1nn[nH]n1. The molecule has 0 aliphatic rings. The van der Waals surface area contributed by atoms with Gasteiger partial charge in [-0.3, -0.25) is 9.48 Å². The number of tetrazole rings is 1. The van der Waals surface area contributed by atoms with Gasteiger partial charge in [-0.25, -0.2) is 0 Å². The fraction of sp³-hybridized carbons (Fsp3) is 0.320. The van der Waals surface area contributed by atoms with Gasteiger partial charge in [-0.2, -0.15) is 10.3 Å². The number of aryl methyl sites for hydroxylation is 2. The molecule has 4 rings (SSSR count). The molecular formula is C25H28N6O. The summed E-state index contributed by atoms with van der Waals surface area (Å²) in [4.78, 5) is 12.1. The summed E-state index contributed by atoms with van der Waals surface area (Å²) in [7, 11) is 0. The number of unbranched alkanes of at least 4 members (excludes halogenated alkanes) is 1. The van der Waals surface area contributed by atoms with Gasteiger partial charge in [0.1, 0.15) is 5.69 Å². The zero-order chi connectivity index (χ0) is 22.3. The predicted molar refractivity (Wildman–Crippen MR) is 124 cm³/mol. The second-order valence-electron chi connectivity index (χ2n) is 7.87. The first-order valence-electron chi connectivity index (χ1n) is 11.2. The topological polar surface area (TPSA) is 89.4 Å². The van der Waals surface area contributed by atoms with E-state index in [4.69, 9.17) is 5.10 Å². The minimum atomic E-state index is 0.559. The second-order valence-corrected chi connectivity index (χ2v) is 7.87. The minimum absolute atomic E-state index is 0.559. The molecule has 2 aromatic carbocycles. The monoisotopic (exact) mass is 428 g/mol. The van der Waals surface area contributed by atoms with Gasteiger partial charge >= 0.3 is 0 Å². The fourth-order valence-corrected chi connectivity index (χ4v) is 4.13. The van der Waals surface area contributed by atoms with Crippen molar-refractivity contribution in [1.82, 2.24) is 30.4 Å². The second kappa shape index (κ2) is 10.1. The summed E-state index contributed by atoms with van der Waals surface area (Å²) < 4.78 is 1.88. The van der Waals surface area contributed by atoms with Gasteiger partial charge in [0.25, 0.3) is 0 Å². The summed E-state index contributed by atoms with van der Waals surface area (Å²) in [5.41, 5.74) is 6.94. The number of carbonyl (C=O) groups excluding carboxylic acids is 1. The maximum absolute atomic E-state index is 12.1. The first kappa shape index (κ1) is 21.6. The van der Waals surface area contributed by atoms with Gasteiger partial charge in [-0.15, -0.1) is 10.2 Å². The lowest BCUT2D eigenvalue weighted by atomic mass is 9.91. The highest BCUT2D eigenvalue weighted by Gasteiger charge is 2.20. The molecule has 7 nitrogen and oxygen atoms in total. The van der Waals surface area contributed by atoms with E-state index in [0.717, 1.165) is 72.0 Å². The van der Waals surface area contributed by atoms with Crippen LogP contribution in [0.5, 0.6) is 0 Å². The van der Waals surface area contributed by atoms with E-state index in [1.165, 1.54) is 0 Å². The Bertz CT molecular complexity index is 1180. The van der Waals surface area contributed by atoms with Crippen molar-refractivity contribution in [2.45, 2.75) is 52.5 Å². The Morgan fingerprint density at radius 3 is 2.41 bits per heavy atom. The van der Waals surface area contributed by atoms with Gasteiger partial charge in [0.15, 0.2) is 6.29 Å². The summed E-state index contributed by atoms with van der Waals surface area (Å²) in [6.07, 6.45) is 5.56. The van der Waals surface area contributed by atoms with Crippen LogP contribution in [0.3, 0.4) is 0 Å². The zero-order valence-corrected chi connectivity index (χ0v) is 18.6. The van der Waals surface area contributed by atoms with E-state index in [1.54, 1.807) is 0 Å². The number of H-pyrrole nitrogens is 1. The van der Waals surface area contributed by atoms with Gasteiger partial charge in [0.05, 0.1) is 5.69 Å². The molecule has 0 saturated carbocycles. The lowest BCUT2D eigenvalue weighted by Gasteiger charge is -2.13. The molecule has 0 unspecified atom stereocenters. The number of carbonyl (C=O) groups is 1. The molecule has 2 aromatic heterocycles. The molecule has 0 amide bonds. The van der Waals surface area contributed by atoms with E-state index in [2.05, 4.69) is 52.7 Å². The van der Waals surface area contributed by atoms with E-state index in [1.807, 2.05) is 35.0 Å². The van der Waals surface area contributed by atoms with Crippen LogP contribution < -0.4 is 0 Å². The zero-order valence-electron chi connectivity index (χ0n) is 18.6. The number of benzene rings is 2. The van der Waals surface area contributed by atoms with Crippen molar-refractivity contribution < 1.29 is 4.79 Å². The highest BCUT2D eigenvalue weighted by Crippen LogP contribution is 2.33. The maximum Gasteiger partial charge on any atom is 0.205 e. The van der Waals surface area contributed by atoms with Crippen molar-refractivity contribution in [3.05, 3.63) is 71.0 Å². The molecule has 2 heterocycles. The Hall–Kier alpha value is -3.61. The largest absolute Gasteiger partial charge is 0.296 e. The van der Waals surface area contributed by atoms with Crippen molar-refractivity contribution >= 4 is 6.29 Å². The molecular weight excluding hydrogens is 400 g/mol. The number of aromatic nitrogens is 6. The molecule has 1 N–H and O–H groups in total. The van der Waals surface area contributed by atoms with E-state index < -0.39 is 0 Å². The molecule has 0 aliphatic carbocycles. The quantitative estimate of drug-likeness (QED) is 0.363. The number of aldehydes is 1. The number of nitrogens with one attached hydrogen (secondary N) is 1. The van der Waals surface area contributed by atoms with Crippen molar-refractivity contribution in [1.29, 1.82) is 0 Å². The highest BCUT2D eigenvalue weighted by atomic mass is 16.1. The molecule has 0 atom stereocenters. The lowest BCUT2D eigenvalue weighted by Crippen LogP contribution is -2.05. The number of nitrogens with zero attached hydrogens (tertiary/aromatic N) is 5. The van der Waals surface area contributed by atoms with Crippen molar-refractivity contribution in [3.63, 3.8) is 0 Å². The molecule has 164 valence electrons. The van der Waals surface area contributed by atoms with Crippen molar-refractivity contribution in [3.8, 4) is 22.5 Å². The van der Waals surface area contributed by atoms with E-state index in [9.17, 15) is 4.79 Å². The van der Waals surface area contributed by atoms with Crippen LogP contribution in [0.15, 0.2) is 48.5 Å². The van der Waals surface area contributed by atoms with Crippen molar-refractivity contribution in [2.75, 3.05) is 0 Å². The Morgan fingerprint density at radius 2 is 1.72 bits per heavy atom. The van der Waals surface area contributed by atoms with Crippen LogP contribution in [0, 0.1) is 0 Å². The van der Waals surface area contributed by atoms with Crippen molar-refractivity contribution in [2.24, 2.45) is 0 Å². The van der Waals surface area contributed by atoms with E-state index >= 15 is 0 Å². The lowest BCUT2D eigenvalue weighted by molar-refractivity contribution is 0.111. The van der Waals surface area contributed by atoms with E-state index in [0.29, 0.717) is 17.9 Å². The average molecular weight is 429 g/mol. The van der Waals surface area contributed by atoms with Gasteiger partial charge in [0.2, 0.25) is 5.82 Å². The maximum atomic E-state index is 12.1. The van der Waals surface area contributed by atoms with Gasteiger partial charge in [0, 0.05) is 24.1 Å². The molecule has 32 heavy (non-hydrogen) atoms. The number of aromatic amines is 1. The predicted octanol–water partition coefficient (Wildman–Crippen LogP) is 4.89. The highest BCUT2D eigenvalue weighted by molar-refractivity contribution is 5.83. The molecule has 0 aliphatic heterocycles. The first-order valence-corrected chi connectivity index (χ1v) is 11.2. The average Bonchev–Trinajstić information content (AvgIpc) is 3.47. The van der Waals surface area contributed by atoms with Crippen LogP contribution in [0.4, 0.5) is 0 Å². The molecule has 4 aromatic rings. The molecule has 0 radical (unpaired) electrons. The number of hydrogen-bond acceptors (Lipinski definition) is 5. The third kappa shape index (κ3) is 4.37. The Labute approximate surface area is 187 Å². The van der Waals surface area contributed by atoms with Crippen LogP contribution in [0.2, 0.25) is 0 Å². The van der Waals surface area contributed by atoms with Crippen LogP contribution in [-0.2, 0) is 19.4 Å². The van der Waals surface area contributed by atoms with E-state index in [-0.39, 0.29) is 0 Å². The summed E-state index contributed by atoms with van der Waals surface area (Å²) in [5, 5.41) is 19.4. The number of rotatable bonds is 10. The van der Waals surface area contributed by atoms with Gasteiger partial charge < -0.3 is 0 Å². The summed E-state index contributed by atoms with van der Waals surface area (Å²) in [6.45, 7) is 5.02. The Kier molecular flexibility index (Phi) is 6.84. The van der Waals surface area contributed by atoms with Crippen LogP contribution in [0.25, 0.3) is 22.5 Å². The molecule has 0 bridgehead atoms. The normalized spacial score (nSPS) is 11.1. The van der Waals surface area contributed by atoms with Crippen LogP contribution >= 0.6 is 0 Å². The van der Waals surface area contributed by atoms with Gasteiger partial charge in [-0.05, 0) is 41.2 Å². The smallest absolute Gasteiger partial charge is 0.205 e. The van der Waals surface area contributed by atoms with Crippen LogP contribution in [-0.4, -0.2) is 36.7 Å². The Morgan fingerprint density at radius 1 is 0.969 bits per heavy atom. The molecule has 7 heteroatoms. The summed E-state index contributed by atoms with van der Waals surface area (Å²) >= 11 is 0. The summed E-state index contributed by atoms with van der Waals surface area (Å²) in [5.74, 6) is 0.559. The fourth-order valence-electron chi connectivity index (χ4n) is 4.13. The third-order valence-corrected chi connectivity index (χ3v) is 5.68. The molecule has 0 spiro atoms. The third-order valence-electron chi connectivity index (χ3n) is 5.68. The minimum Gasteiger partial charge on any atom is -0.296 e. The van der Waals surface area contributed by atoms with Crippen LogP contribution in [0.1, 0.15) is 60.4 Å². The first-order chi connectivity index (χ1) is 15.8. The molecule has 0 saturated heterocycles. The Balaban J connectivity index is 1.80. The molecule has 0 fully saturated rings.